The van der Waals surface area contributed by atoms with Crippen LogP contribution in [0.1, 0.15) is 31.4 Å². The zero-order chi connectivity index (χ0) is 18.6. The first-order valence-electron chi connectivity index (χ1n) is 10.4. The minimum absolute atomic E-state index is 0.164. The normalized spacial score (nSPS) is 25.6. The first kappa shape index (κ1) is 18.6. The molecule has 3 saturated heterocycles. The van der Waals surface area contributed by atoms with E-state index < -0.39 is 0 Å². The second-order valence-electron chi connectivity index (χ2n) is 7.96. The van der Waals surface area contributed by atoms with Crippen molar-refractivity contribution in [2.24, 2.45) is 5.92 Å². The molecule has 3 aliphatic rings. The summed E-state index contributed by atoms with van der Waals surface area (Å²) in [5.74, 6) is 1.53. The predicted octanol–water partition coefficient (Wildman–Crippen LogP) is 1.32. The number of piperidine rings is 2. The Morgan fingerprint density at radius 3 is 2.52 bits per heavy atom. The number of hydrogen-bond acceptors (Lipinski definition) is 6. The van der Waals surface area contributed by atoms with Gasteiger partial charge in [-0.1, -0.05) is 0 Å². The van der Waals surface area contributed by atoms with Gasteiger partial charge in [-0.2, -0.15) is 0 Å². The van der Waals surface area contributed by atoms with Crippen LogP contribution in [0, 0.1) is 12.8 Å². The van der Waals surface area contributed by atoms with E-state index in [0.29, 0.717) is 25.2 Å². The van der Waals surface area contributed by atoms with Crippen molar-refractivity contribution in [2.45, 2.75) is 38.6 Å². The van der Waals surface area contributed by atoms with Gasteiger partial charge in [-0.25, -0.2) is 4.98 Å². The van der Waals surface area contributed by atoms with Gasteiger partial charge in [-0.15, -0.1) is 0 Å². The van der Waals surface area contributed by atoms with Crippen molar-refractivity contribution in [2.75, 3.05) is 57.4 Å². The minimum Gasteiger partial charge on any atom is -0.378 e. The summed E-state index contributed by atoms with van der Waals surface area (Å²) in [6.45, 7) is 8.99. The molecule has 0 radical (unpaired) electrons. The summed E-state index contributed by atoms with van der Waals surface area (Å²) in [6.07, 6.45) is 7.96. The second kappa shape index (κ2) is 8.52. The van der Waals surface area contributed by atoms with E-state index in [-0.39, 0.29) is 5.92 Å². The number of aromatic nitrogens is 2. The number of aryl methyl sites for hydroxylation is 1. The molecule has 0 aliphatic carbocycles. The number of ether oxygens (including phenoxy) is 1. The van der Waals surface area contributed by atoms with Crippen molar-refractivity contribution in [1.82, 2.24) is 19.8 Å². The summed E-state index contributed by atoms with van der Waals surface area (Å²) in [5.41, 5.74) is 1.00. The highest BCUT2D eigenvalue weighted by atomic mass is 16.5. The molecule has 1 aromatic heterocycles. The Kier molecular flexibility index (Phi) is 5.88. The van der Waals surface area contributed by atoms with E-state index in [1.165, 1.54) is 0 Å². The molecule has 3 aliphatic heterocycles. The molecule has 27 heavy (non-hydrogen) atoms. The van der Waals surface area contributed by atoms with E-state index in [0.717, 1.165) is 76.5 Å². The van der Waals surface area contributed by atoms with Crippen molar-refractivity contribution in [3.63, 3.8) is 0 Å². The van der Waals surface area contributed by atoms with Gasteiger partial charge < -0.3 is 14.5 Å². The quantitative estimate of drug-likeness (QED) is 0.797. The lowest BCUT2D eigenvalue weighted by molar-refractivity contribution is -0.141. The summed E-state index contributed by atoms with van der Waals surface area (Å²) < 4.78 is 5.39. The zero-order valence-electron chi connectivity index (χ0n) is 16.3. The summed E-state index contributed by atoms with van der Waals surface area (Å²) >= 11 is 0. The Balaban J connectivity index is 1.31. The van der Waals surface area contributed by atoms with Gasteiger partial charge in [0.1, 0.15) is 5.82 Å². The first-order valence-corrected chi connectivity index (χ1v) is 10.4. The van der Waals surface area contributed by atoms with Crippen molar-refractivity contribution in [1.29, 1.82) is 0 Å². The van der Waals surface area contributed by atoms with Crippen molar-refractivity contribution in [3.8, 4) is 0 Å². The standard InChI is InChI=1S/C20H31N5O2/c1-16-19(22-7-6-21-16)23-9-4-18(5-10-23)25-8-2-3-17(15-25)20(26)24-11-13-27-14-12-24/h6-7,17-18H,2-5,8-15H2,1H3/t17-/m1/s1. The van der Waals surface area contributed by atoms with Crippen LogP contribution in [0.4, 0.5) is 5.82 Å². The molecule has 7 nitrogen and oxygen atoms in total. The maximum Gasteiger partial charge on any atom is 0.227 e. The molecular formula is C20H31N5O2. The summed E-state index contributed by atoms with van der Waals surface area (Å²) in [5, 5.41) is 0. The van der Waals surface area contributed by atoms with Crippen LogP contribution in [0.25, 0.3) is 0 Å². The van der Waals surface area contributed by atoms with E-state index in [2.05, 4.69) is 19.8 Å². The van der Waals surface area contributed by atoms with Gasteiger partial charge in [0.25, 0.3) is 0 Å². The van der Waals surface area contributed by atoms with Gasteiger partial charge in [0, 0.05) is 51.2 Å². The third kappa shape index (κ3) is 4.24. The molecule has 4 heterocycles. The minimum atomic E-state index is 0.164. The predicted molar refractivity (Wildman–Crippen MR) is 104 cm³/mol. The monoisotopic (exact) mass is 373 g/mol. The fraction of sp³-hybridized carbons (Fsp3) is 0.750. The number of hydrogen-bond donors (Lipinski definition) is 0. The number of carbonyl (C=O) groups is 1. The number of amides is 1. The molecule has 7 heteroatoms. The number of likely N-dealkylation sites (tertiary alicyclic amines) is 1. The maximum absolute atomic E-state index is 12.9. The first-order chi connectivity index (χ1) is 13.2. The Bertz CT molecular complexity index is 641. The van der Waals surface area contributed by atoms with Crippen LogP contribution < -0.4 is 4.90 Å². The molecule has 1 aromatic rings. The highest BCUT2D eigenvalue weighted by Crippen LogP contribution is 2.27. The molecule has 3 fully saturated rings. The molecule has 1 amide bonds. The number of anilines is 1. The maximum atomic E-state index is 12.9. The van der Waals surface area contributed by atoms with Gasteiger partial charge in [-0.05, 0) is 39.2 Å². The molecule has 0 bridgehead atoms. The van der Waals surface area contributed by atoms with E-state index in [9.17, 15) is 4.79 Å². The van der Waals surface area contributed by atoms with Crippen LogP contribution in [-0.4, -0.2) is 84.2 Å². The molecule has 4 rings (SSSR count). The van der Waals surface area contributed by atoms with Crippen molar-refractivity contribution >= 4 is 11.7 Å². The van der Waals surface area contributed by atoms with Gasteiger partial charge >= 0.3 is 0 Å². The molecule has 0 N–H and O–H groups in total. The van der Waals surface area contributed by atoms with Gasteiger partial charge in [0.15, 0.2) is 0 Å². The van der Waals surface area contributed by atoms with E-state index in [4.69, 9.17) is 4.74 Å². The van der Waals surface area contributed by atoms with E-state index in [1.54, 1.807) is 12.4 Å². The second-order valence-corrected chi connectivity index (χ2v) is 7.96. The van der Waals surface area contributed by atoms with Crippen LogP contribution in [0.15, 0.2) is 12.4 Å². The number of rotatable bonds is 3. The van der Waals surface area contributed by atoms with Gasteiger partial charge in [-0.3, -0.25) is 14.7 Å². The van der Waals surface area contributed by atoms with Gasteiger partial charge in [0.05, 0.1) is 24.8 Å². The molecular weight excluding hydrogens is 342 g/mol. The average Bonchev–Trinajstić information content (AvgIpc) is 2.74. The third-order valence-electron chi connectivity index (χ3n) is 6.26. The fourth-order valence-corrected chi connectivity index (χ4v) is 4.74. The largest absolute Gasteiger partial charge is 0.378 e. The van der Waals surface area contributed by atoms with Crippen LogP contribution in [0.2, 0.25) is 0 Å². The Hall–Kier alpha value is -1.73. The lowest BCUT2D eigenvalue weighted by Crippen LogP contribution is -2.52. The molecule has 0 saturated carbocycles. The lowest BCUT2D eigenvalue weighted by atomic mass is 9.92. The molecule has 148 valence electrons. The highest BCUT2D eigenvalue weighted by Gasteiger charge is 2.34. The van der Waals surface area contributed by atoms with E-state index >= 15 is 0 Å². The van der Waals surface area contributed by atoms with E-state index in [1.807, 2.05) is 11.8 Å². The number of carbonyl (C=O) groups excluding carboxylic acids is 1. The Morgan fingerprint density at radius 1 is 1.04 bits per heavy atom. The highest BCUT2D eigenvalue weighted by molar-refractivity contribution is 5.79. The number of nitrogens with zero attached hydrogens (tertiary/aromatic N) is 5. The van der Waals surface area contributed by atoms with Crippen LogP contribution in [0.5, 0.6) is 0 Å². The topological polar surface area (TPSA) is 61.8 Å². The summed E-state index contributed by atoms with van der Waals surface area (Å²) in [7, 11) is 0. The van der Waals surface area contributed by atoms with Crippen molar-refractivity contribution in [3.05, 3.63) is 18.1 Å². The molecule has 0 unspecified atom stereocenters. The van der Waals surface area contributed by atoms with Crippen LogP contribution in [0.3, 0.4) is 0 Å². The summed E-state index contributed by atoms with van der Waals surface area (Å²) in [4.78, 5) is 28.7. The zero-order valence-corrected chi connectivity index (χ0v) is 16.3. The molecule has 1 atom stereocenters. The average molecular weight is 374 g/mol. The SMILES string of the molecule is Cc1nccnc1N1CCC(N2CCC[C@@H](C(=O)N3CCOCC3)C2)CC1. The summed E-state index contributed by atoms with van der Waals surface area (Å²) in [6, 6.07) is 0.582. The Labute approximate surface area is 161 Å². The smallest absolute Gasteiger partial charge is 0.227 e. The Morgan fingerprint density at radius 2 is 1.78 bits per heavy atom. The molecule has 0 spiro atoms. The van der Waals surface area contributed by atoms with Crippen LogP contribution in [-0.2, 0) is 9.53 Å². The van der Waals surface area contributed by atoms with Crippen LogP contribution >= 0.6 is 0 Å². The fourth-order valence-electron chi connectivity index (χ4n) is 4.74. The lowest BCUT2D eigenvalue weighted by Gasteiger charge is -2.43. The number of morpholine rings is 1. The third-order valence-corrected chi connectivity index (χ3v) is 6.26. The van der Waals surface area contributed by atoms with Gasteiger partial charge in [0.2, 0.25) is 5.91 Å². The van der Waals surface area contributed by atoms with Crippen molar-refractivity contribution < 1.29 is 9.53 Å². The molecule has 0 aromatic carbocycles.